The Labute approximate surface area is 170 Å². The lowest BCUT2D eigenvalue weighted by Crippen LogP contribution is -2.35. The SMILES string of the molecule is CCn1c(=Cc2cc(Cl)cc[n+]2C)sc(=C2Sc3ccccc3N2C)c1=O. The topological polar surface area (TPSA) is 29.1 Å². The number of hydrogen-bond donors (Lipinski definition) is 0. The van der Waals surface area contributed by atoms with E-state index in [1.807, 2.05) is 66.7 Å². The zero-order valence-corrected chi connectivity index (χ0v) is 17.7. The zero-order valence-electron chi connectivity index (χ0n) is 15.3. The van der Waals surface area contributed by atoms with E-state index in [1.165, 1.54) is 16.2 Å². The summed E-state index contributed by atoms with van der Waals surface area (Å²) in [6, 6.07) is 12.0. The maximum Gasteiger partial charge on any atom is 0.271 e. The summed E-state index contributed by atoms with van der Waals surface area (Å²) in [5.41, 5.74) is 2.15. The number of benzene rings is 1. The molecule has 0 unspecified atom stereocenters. The summed E-state index contributed by atoms with van der Waals surface area (Å²) in [6.07, 6.45) is 3.95. The highest BCUT2D eigenvalue weighted by molar-refractivity contribution is 8.08. The number of halogens is 1. The van der Waals surface area contributed by atoms with Crippen LogP contribution in [0.25, 0.3) is 11.1 Å². The zero-order chi connectivity index (χ0) is 19.1. The summed E-state index contributed by atoms with van der Waals surface area (Å²) < 4.78 is 5.52. The Morgan fingerprint density at radius 2 is 2.04 bits per heavy atom. The number of para-hydroxylation sites is 1. The van der Waals surface area contributed by atoms with Crippen molar-refractivity contribution in [1.82, 2.24) is 4.57 Å². The molecule has 0 fully saturated rings. The van der Waals surface area contributed by atoms with Crippen molar-refractivity contribution in [2.75, 3.05) is 11.9 Å². The average molecular weight is 417 g/mol. The maximum atomic E-state index is 13.1. The predicted molar refractivity (Wildman–Crippen MR) is 114 cm³/mol. The van der Waals surface area contributed by atoms with Crippen molar-refractivity contribution in [2.24, 2.45) is 7.05 Å². The molecule has 0 saturated heterocycles. The van der Waals surface area contributed by atoms with Crippen LogP contribution in [0.5, 0.6) is 0 Å². The monoisotopic (exact) mass is 416 g/mol. The maximum absolute atomic E-state index is 13.1. The van der Waals surface area contributed by atoms with Gasteiger partial charge in [-0.25, -0.2) is 4.57 Å². The van der Waals surface area contributed by atoms with Crippen LogP contribution in [0, 0.1) is 0 Å². The second-order valence-electron chi connectivity index (χ2n) is 6.28. The molecule has 0 radical (unpaired) electrons. The van der Waals surface area contributed by atoms with Gasteiger partial charge >= 0.3 is 0 Å². The minimum atomic E-state index is 0.0561. The molecule has 0 spiro atoms. The molecule has 2 aromatic heterocycles. The third-order valence-corrected chi connectivity index (χ3v) is 7.30. The minimum Gasteiger partial charge on any atom is -0.337 e. The number of pyridine rings is 1. The molecule has 138 valence electrons. The van der Waals surface area contributed by atoms with Gasteiger partial charge in [0.25, 0.3) is 5.56 Å². The normalized spacial score (nSPS) is 16.1. The van der Waals surface area contributed by atoms with E-state index < -0.39 is 0 Å². The van der Waals surface area contributed by atoms with E-state index in [0.717, 1.165) is 25.6 Å². The van der Waals surface area contributed by atoms with Crippen LogP contribution in [-0.4, -0.2) is 11.6 Å². The smallest absolute Gasteiger partial charge is 0.271 e. The lowest BCUT2D eigenvalue weighted by atomic mass is 10.3. The Hall–Kier alpha value is -2.02. The van der Waals surface area contributed by atoms with Crippen LogP contribution in [0.2, 0.25) is 5.02 Å². The van der Waals surface area contributed by atoms with Gasteiger partial charge in [-0.05, 0) is 19.1 Å². The Balaban J connectivity index is 1.95. The predicted octanol–water partition coefficient (Wildman–Crippen LogP) is 2.54. The van der Waals surface area contributed by atoms with Crippen molar-refractivity contribution >= 4 is 51.5 Å². The van der Waals surface area contributed by atoms with Crippen molar-refractivity contribution < 1.29 is 4.57 Å². The molecule has 0 saturated carbocycles. The standard InChI is InChI=1S/C20H19ClN3OS2/c1-4-24-17(12-14-11-13(21)9-10-22(14)2)27-18(19(24)25)20-23(3)15-7-5-6-8-16(15)26-20/h5-12H,4H2,1-3H3/q+1. The molecule has 0 bridgehead atoms. The van der Waals surface area contributed by atoms with Crippen molar-refractivity contribution in [2.45, 2.75) is 18.4 Å². The highest BCUT2D eigenvalue weighted by atomic mass is 35.5. The first-order chi connectivity index (χ1) is 13.0. The molecular formula is C20H19ClN3OS2+. The Morgan fingerprint density at radius 1 is 1.26 bits per heavy atom. The molecule has 27 heavy (non-hydrogen) atoms. The molecule has 4 rings (SSSR count). The van der Waals surface area contributed by atoms with Crippen LogP contribution < -0.4 is 24.2 Å². The number of hydrogen-bond acceptors (Lipinski definition) is 4. The van der Waals surface area contributed by atoms with Gasteiger partial charge in [0.2, 0.25) is 5.69 Å². The Bertz CT molecular complexity index is 1210. The lowest BCUT2D eigenvalue weighted by molar-refractivity contribution is -0.673. The second kappa shape index (κ2) is 7.19. The van der Waals surface area contributed by atoms with Gasteiger partial charge in [0, 0.05) is 36.7 Å². The highest BCUT2D eigenvalue weighted by Crippen LogP contribution is 2.44. The molecule has 4 nitrogen and oxygen atoms in total. The molecule has 1 aromatic carbocycles. The number of anilines is 1. The van der Waals surface area contributed by atoms with E-state index in [2.05, 4.69) is 17.0 Å². The van der Waals surface area contributed by atoms with Crippen molar-refractivity contribution in [3.63, 3.8) is 0 Å². The molecule has 1 aliphatic heterocycles. The second-order valence-corrected chi connectivity index (χ2v) is 8.78. The number of fused-ring (bicyclic) bond motifs is 1. The fourth-order valence-corrected chi connectivity index (χ4v) is 5.73. The van der Waals surface area contributed by atoms with Crippen LogP contribution >= 0.6 is 34.7 Å². The van der Waals surface area contributed by atoms with Crippen LogP contribution in [0.3, 0.4) is 0 Å². The summed E-state index contributed by atoms with van der Waals surface area (Å²) in [4.78, 5) is 16.4. The van der Waals surface area contributed by atoms with Gasteiger partial charge in [0.15, 0.2) is 6.20 Å². The first-order valence-corrected chi connectivity index (χ1v) is 10.6. The average Bonchev–Trinajstić information content (AvgIpc) is 3.15. The molecule has 3 aromatic rings. The quantitative estimate of drug-likeness (QED) is 0.601. The van der Waals surface area contributed by atoms with E-state index in [0.29, 0.717) is 11.6 Å². The number of thioether (sulfide) groups is 1. The molecule has 0 aliphatic carbocycles. The van der Waals surface area contributed by atoms with Gasteiger partial charge in [-0.2, -0.15) is 0 Å². The molecule has 1 aliphatic rings. The van der Waals surface area contributed by atoms with Gasteiger partial charge in [-0.1, -0.05) is 35.5 Å². The lowest BCUT2D eigenvalue weighted by Gasteiger charge is -2.11. The van der Waals surface area contributed by atoms with Gasteiger partial charge < -0.3 is 4.90 Å². The fraction of sp³-hybridized carbons (Fsp3) is 0.200. The number of aromatic nitrogens is 2. The number of aryl methyl sites for hydroxylation is 1. The van der Waals surface area contributed by atoms with Crippen molar-refractivity contribution in [3.05, 3.63) is 72.9 Å². The van der Waals surface area contributed by atoms with E-state index in [4.69, 9.17) is 11.6 Å². The summed E-state index contributed by atoms with van der Waals surface area (Å²) in [5, 5.41) is 1.67. The number of thiazole rings is 1. The van der Waals surface area contributed by atoms with E-state index in [1.54, 1.807) is 11.8 Å². The molecule has 0 atom stereocenters. The molecule has 3 heterocycles. The summed E-state index contributed by atoms with van der Waals surface area (Å²) in [7, 11) is 3.99. The summed E-state index contributed by atoms with van der Waals surface area (Å²) in [5.74, 6) is 0. The largest absolute Gasteiger partial charge is 0.337 e. The molecular weight excluding hydrogens is 398 g/mol. The van der Waals surface area contributed by atoms with E-state index in [9.17, 15) is 4.79 Å². The van der Waals surface area contributed by atoms with E-state index in [-0.39, 0.29) is 5.56 Å². The van der Waals surface area contributed by atoms with Crippen LogP contribution in [-0.2, 0) is 13.6 Å². The Morgan fingerprint density at radius 3 is 2.78 bits per heavy atom. The van der Waals surface area contributed by atoms with Gasteiger partial charge in [0.05, 0.1) is 10.7 Å². The number of rotatable bonds is 2. The van der Waals surface area contributed by atoms with Crippen LogP contribution in [0.4, 0.5) is 5.69 Å². The number of nitrogens with zero attached hydrogens (tertiary/aromatic N) is 3. The van der Waals surface area contributed by atoms with Crippen LogP contribution in [0.1, 0.15) is 12.6 Å². The highest BCUT2D eigenvalue weighted by Gasteiger charge is 2.24. The molecule has 0 amide bonds. The third-order valence-electron chi connectivity index (χ3n) is 4.58. The van der Waals surface area contributed by atoms with Crippen LogP contribution in [0.15, 0.2) is 52.3 Å². The Kier molecular flexibility index (Phi) is 4.88. The van der Waals surface area contributed by atoms with Crippen molar-refractivity contribution in [3.8, 4) is 0 Å². The minimum absolute atomic E-state index is 0.0561. The summed E-state index contributed by atoms with van der Waals surface area (Å²) >= 11 is 9.34. The van der Waals surface area contributed by atoms with Crippen molar-refractivity contribution in [1.29, 1.82) is 0 Å². The summed E-state index contributed by atoms with van der Waals surface area (Å²) in [6.45, 7) is 2.62. The first-order valence-electron chi connectivity index (χ1n) is 8.61. The van der Waals surface area contributed by atoms with Gasteiger partial charge in [-0.3, -0.25) is 9.36 Å². The molecule has 7 heteroatoms. The van der Waals surface area contributed by atoms with Gasteiger partial charge in [-0.15, -0.1) is 11.3 Å². The third kappa shape index (κ3) is 3.22. The van der Waals surface area contributed by atoms with Gasteiger partial charge in [0.1, 0.15) is 21.3 Å². The first kappa shape index (κ1) is 18.3. The van der Waals surface area contributed by atoms with E-state index >= 15 is 0 Å². The fourth-order valence-electron chi connectivity index (χ4n) is 3.10. The molecule has 0 N–H and O–H groups in total.